The van der Waals surface area contributed by atoms with Crippen LogP contribution in [0.4, 0.5) is 0 Å². The standard InChI is InChI=1S/C23H23ClN2O3/c1-29-21-7-6-19(24)12-20(21)22(26-10-2-3-18(14-26)23(27)28)16-4-5-17-13-25-9-8-15(17)11-16/h4-9,11-13,18,22H,2-3,10,14H2,1H3,(H,27,28). The van der Waals surface area contributed by atoms with E-state index in [0.29, 0.717) is 18.0 Å². The molecule has 1 saturated heterocycles. The van der Waals surface area contributed by atoms with Crippen molar-refractivity contribution in [1.82, 2.24) is 9.88 Å². The predicted molar refractivity (Wildman–Crippen MR) is 114 cm³/mol. The second kappa shape index (κ2) is 8.39. The normalized spacial score (nSPS) is 18.5. The molecular formula is C23H23ClN2O3. The van der Waals surface area contributed by atoms with Crippen LogP contribution in [0, 0.1) is 5.92 Å². The Hall–Kier alpha value is -2.63. The van der Waals surface area contributed by atoms with E-state index in [4.69, 9.17) is 16.3 Å². The Morgan fingerprint density at radius 1 is 1.24 bits per heavy atom. The zero-order chi connectivity index (χ0) is 20.4. The molecule has 0 amide bonds. The van der Waals surface area contributed by atoms with Crippen molar-refractivity contribution in [1.29, 1.82) is 0 Å². The number of carbonyl (C=O) groups is 1. The zero-order valence-electron chi connectivity index (χ0n) is 16.2. The number of likely N-dealkylation sites (tertiary alicyclic amines) is 1. The monoisotopic (exact) mass is 410 g/mol. The second-order valence-electron chi connectivity index (χ2n) is 7.44. The van der Waals surface area contributed by atoms with Crippen molar-refractivity contribution in [3.8, 4) is 5.75 Å². The minimum Gasteiger partial charge on any atom is -0.496 e. The average Bonchev–Trinajstić information content (AvgIpc) is 2.74. The summed E-state index contributed by atoms with van der Waals surface area (Å²) in [6.07, 6.45) is 5.17. The minimum atomic E-state index is -0.740. The summed E-state index contributed by atoms with van der Waals surface area (Å²) in [7, 11) is 1.64. The van der Waals surface area contributed by atoms with Gasteiger partial charge >= 0.3 is 5.97 Å². The van der Waals surface area contributed by atoms with Gasteiger partial charge in [-0.1, -0.05) is 23.7 Å². The summed E-state index contributed by atoms with van der Waals surface area (Å²) in [5.41, 5.74) is 2.02. The molecular weight excluding hydrogens is 388 g/mol. The third-order valence-electron chi connectivity index (χ3n) is 5.63. The van der Waals surface area contributed by atoms with Crippen molar-refractivity contribution >= 4 is 28.3 Å². The Balaban J connectivity index is 1.84. The van der Waals surface area contributed by atoms with Gasteiger partial charge in [0.05, 0.1) is 19.1 Å². The maximum absolute atomic E-state index is 11.7. The first-order valence-electron chi connectivity index (χ1n) is 9.71. The Morgan fingerprint density at radius 2 is 2.10 bits per heavy atom. The van der Waals surface area contributed by atoms with Crippen molar-refractivity contribution in [2.24, 2.45) is 5.92 Å². The van der Waals surface area contributed by atoms with E-state index >= 15 is 0 Å². The maximum atomic E-state index is 11.7. The molecule has 2 aromatic carbocycles. The fourth-order valence-corrected chi connectivity index (χ4v) is 4.40. The highest BCUT2D eigenvalue weighted by Gasteiger charge is 2.32. The van der Waals surface area contributed by atoms with Crippen LogP contribution in [0.5, 0.6) is 5.75 Å². The van der Waals surface area contributed by atoms with E-state index < -0.39 is 5.97 Å². The summed E-state index contributed by atoms with van der Waals surface area (Å²) in [6, 6.07) is 13.7. The molecule has 150 valence electrons. The van der Waals surface area contributed by atoms with Gasteiger partial charge in [0.2, 0.25) is 0 Å². The van der Waals surface area contributed by atoms with Gasteiger partial charge in [-0.2, -0.15) is 0 Å². The van der Waals surface area contributed by atoms with E-state index in [9.17, 15) is 9.90 Å². The Kier molecular flexibility index (Phi) is 5.69. The van der Waals surface area contributed by atoms with Gasteiger partial charge in [0, 0.05) is 34.9 Å². The molecule has 1 aliphatic heterocycles. The van der Waals surface area contributed by atoms with Gasteiger partial charge in [0.1, 0.15) is 5.75 Å². The quantitative estimate of drug-likeness (QED) is 0.655. The van der Waals surface area contributed by atoms with Crippen LogP contribution in [0.1, 0.15) is 30.0 Å². The van der Waals surface area contributed by atoms with E-state index in [1.165, 1.54) is 0 Å². The largest absolute Gasteiger partial charge is 0.496 e. The summed E-state index contributed by atoms with van der Waals surface area (Å²) in [5.74, 6) is -0.371. The molecule has 1 N–H and O–H groups in total. The number of aromatic nitrogens is 1. The molecule has 3 aromatic rings. The molecule has 5 nitrogen and oxygen atoms in total. The first kappa shape index (κ1) is 19.7. The number of piperidine rings is 1. The van der Waals surface area contributed by atoms with Crippen LogP contribution in [0.15, 0.2) is 54.9 Å². The number of ether oxygens (including phenoxy) is 1. The molecule has 2 unspecified atom stereocenters. The molecule has 1 aromatic heterocycles. The fraction of sp³-hybridized carbons (Fsp3) is 0.304. The summed E-state index contributed by atoms with van der Waals surface area (Å²) >= 11 is 6.34. The molecule has 29 heavy (non-hydrogen) atoms. The fourth-order valence-electron chi connectivity index (χ4n) is 4.22. The van der Waals surface area contributed by atoms with Crippen molar-refractivity contribution in [2.45, 2.75) is 18.9 Å². The van der Waals surface area contributed by atoms with Gasteiger partial charge in [-0.3, -0.25) is 14.7 Å². The number of rotatable bonds is 5. The summed E-state index contributed by atoms with van der Waals surface area (Å²) in [5, 5.41) is 12.4. The number of benzene rings is 2. The number of methoxy groups -OCH3 is 1. The highest BCUT2D eigenvalue weighted by atomic mass is 35.5. The van der Waals surface area contributed by atoms with Gasteiger partial charge < -0.3 is 9.84 Å². The molecule has 2 heterocycles. The molecule has 0 radical (unpaired) electrons. The first-order valence-corrected chi connectivity index (χ1v) is 10.1. The van der Waals surface area contributed by atoms with Crippen molar-refractivity contribution in [2.75, 3.05) is 20.2 Å². The molecule has 4 rings (SSSR count). The lowest BCUT2D eigenvalue weighted by atomic mass is 9.90. The number of carboxylic acid groups (broad SMARTS) is 1. The summed E-state index contributed by atoms with van der Waals surface area (Å²) < 4.78 is 5.64. The molecule has 1 aliphatic rings. The van der Waals surface area contributed by atoms with Crippen LogP contribution in [0.25, 0.3) is 10.8 Å². The van der Waals surface area contributed by atoms with Gasteiger partial charge in [-0.05, 0) is 60.7 Å². The van der Waals surface area contributed by atoms with Crippen LogP contribution in [0.2, 0.25) is 5.02 Å². The SMILES string of the molecule is COc1ccc(Cl)cc1C(c1ccc2cnccc2c1)N1CCCC(C(=O)O)C1. The van der Waals surface area contributed by atoms with E-state index in [1.807, 2.05) is 30.5 Å². The van der Waals surface area contributed by atoms with E-state index in [0.717, 1.165) is 40.6 Å². The van der Waals surface area contributed by atoms with Crippen LogP contribution < -0.4 is 4.74 Å². The highest BCUT2D eigenvalue weighted by Crippen LogP contribution is 2.39. The summed E-state index contributed by atoms with van der Waals surface area (Å²) in [6.45, 7) is 1.31. The molecule has 0 saturated carbocycles. The Labute approximate surface area is 174 Å². The number of aliphatic carboxylic acids is 1. The van der Waals surface area contributed by atoms with Crippen molar-refractivity contribution in [3.05, 3.63) is 71.0 Å². The Bertz CT molecular complexity index is 1040. The van der Waals surface area contributed by atoms with Crippen LogP contribution in [0.3, 0.4) is 0 Å². The van der Waals surface area contributed by atoms with E-state index in [2.05, 4.69) is 28.1 Å². The van der Waals surface area contributed by atoms with Crippen LogP contribution in [-0.2, 0) is 4.79 Å². The number of hydrogen-bond donors (Lipinski definition) is 1. The molecule has 0 bridgehead atoms. The number of fused-ring (bicyclic) bond motifs is 1. The van der Waals surface area contributed by atoms with Gasteiger partial charge in [-0.25, -0.2) is 0 Å². The van der Waals surface area contributed by atoms with Gasteiger partial charge in [0.15, 0.2) is 0 Å². The molecule has 2 atom stereocenters. The third kappa shape index (κ3) is 4.07. The number of pyridine rings is 1. The number of halogens is 1. The number of nitrogens with zero attached hydrogens (tertiary/aromatic N) is 2. The lowest BCUT2D eigenvalue weighted by Crippen LogP contribution is -2.41. The van der Waals surface area contributed by atoms with Gasteiger partial charge in [0.25, 0.3) is 0 Å². The summed E-state index contributed by atoms with van der Waals surface area (Å²) in [4.78, 5) is 18.1. The van der Waals surface area contributed by atoms with Crippen LogP contribution >= 0.6 is 11.6 Å². The topological polar surface area (TPSA) is 62.7 Å². The lowest BCUT2D eigenvalue weighted by molar-refractivity contribution is -0.143. The Morgan fingerprint density at radius 3 is 2.90 bits per heavy atom. The molecule has 0 spiro atoms. The predicted octanol–water partition coefficient (Wildman–Crippen LogP) is 4.78. The van der Waals surface area contributed by atoms with Gasteiger partial charge in [-0.15, -0.1) is 0 Å². The number of carboxylic acids is 1. The van der Waals surface area contributed by atoms with Crippen molar-refractivity contribution < 1.29 is 14.6 Å². The smallest absolute Gasteiger partial charge is 0.307 e. The number of hydrogen-bond acceptors (Lipinski definition) is 4. The lowest BCUT2D eigenvalue weighted by Gasteiger charge is -2.38. The highest BCUT2D eigenvalue weighted by molar-refractivity contribution is 6.30. The molecule has 6 heteroatoms. The third-order valence-corrected chi connectivity index (χ3v) is 5.87. The van der Waals surface area contributed by atoms with Crippen LogP contribution in [-0.4, -0.2) is 41.2 Å². The first-order chi connectivity index (χ1) is 14.1. The zero-order valence-corrected chi connectivity index (χ0v) is 17.0. The van der Waals surface area contributed by atoms with Crippen molar-refractivity contribution in [3.63, 3.8) is 0 Å². The molecule has 1 fully saturated rings. The maximum Gasteiger partial charge on any atom is 0.307 e. The average molecular weight is 411 g/mol. The minimum absolute atomic E-state index is 0.150. The van der Waals surface area contributed by atoms with E-state index in [1.54, 1.807) is 13.3 Å². The second-order valence-corrected chi connectivity index (χ2v) is 7.88. The molecule has 0 aliphatic carbocycles. The van der Waals surface area contributed by atoms with E-state index in [-0.39, 0.29) is 12.0 Å².